The average molecular weight is 356 g/mol. The lowest BCUT2D eigenvalue weighted by atomic mass is 10.0. The standard InChI is InChI=1S/C15H21IN2/c1-2-3-4-7-12-10-15(17)18(11-12)14-9-6-5-8-13(14)16/h5-6,8-10,12H,2-4,7,11,17H2,1H3. The maximum atomic E-state index is 6.16. The van der Waals surface area contributed by atoms with Gasteiger partial charge in [0.25, 0.3) is 0 Å². The zero-order valence-corrected chi connectivity index (χ0v) is 13.1. The van der Waals surface area contributed by atoms with Crippen molar-refractivity contribution in [3.63, 3.8) is 0 Å². The van der Waals surface area contributed by atoms with E-state index in [0.717, 1.165) is 12.4 Å². The monoisotopic (exact) mass is 356 g/mol. The summed E-state index contributed by atoms with van der Waals surface area (Å²) in [5.41, 5.74) is 7.40. The number of halogens is 1. The predicted molar refractivity (Wildman–Crippen MR) is 86.4 cm³/mol. The number of para-hydroxylation sites is 1. The minimum Gasteiger partial charge on any atom is -0.385 e. The Morgan fingerprint density at radius 1 is 1.33 bits per heavy atom. The van der Waals surface area contributed by atoms with E-state index in [-0.39, 0.29) is 0 Å². The molecule has 0 aromatic heterocycles. The molecule has 1 aliphatic rings. The lowest BCUT2D eigenvalue weighted by Crippen LogP contribution is -2.26. The third-order valence-electron chi connectivity index (χ3n) is 3.46. The SMILES string of the molecule is CCCCCC1C=C(N)N(c2ccccc2I)C1. The molecule has 2 N–H and O–H groups in total. The van der Waals surface area contributed by atoms with Crippen molar-refractivity contribution >= 4 is 28.3 Å². The fourth-order valence-electron chi connectivity index (χ4n) is 2.46. The molecule has 1 atom stereocenters. The fourth-order valence-corrected chi connectivity index (χ4v) is 3.14. The second-order valence-electron chi connectivity index (χ2n) is 4.91. The predicted octanol–water partition coefficient (Wildman–Crippen LogP) is 4.11. The third-order valence-corrected chi connectivity index (χ3v) is 4.37. The minimum absolute atomic E-state index is 0.618. The van der Waals surface area contributed by atoms with Gasteiger partial charge in [-0.15, -0.1) is 0 Å². The molecule has 0 saturated carbocycles. The van der Waals surface area contributed by atoms with Crippen LogP contribution in [0.2, 0.25) is 0 Å². The van der Waals surface area contributed by atoms with Crippen molar-refractivity contribution in [1.82, 2.24) is 0 Å². The summed E-state index contributed by atoms with van der Waals surface area (Å²) in [4.78, 5) is 2.25. The summed E-state index contributed by atoms with van der Waals surface area (Å²) in [5, 5.41) is 0. The van der Waals surface area contributed by atoms with Crippen LogP contribution in [0.4, 0.5) is 5.69 Å². The van der Waals surface area contributed by atoms with Gasteiger partial charge in [0, 0.05) is 10.1 Å². The Balaban J connectivity index is 2.01. The van der Waals surface area contributed by atoms with Crippen molar-refractivity contribution in [3.8, 4) is 0 Å². The Bertz CT molecular complexity index is 428. The van der Waals surface area contributed by atoms with Gasteiger partial charge in [0.05, 0.1) is 11.5 Å². The normalized spacial score (nSPS) is 19.1. The Morgan fingerprint density at radius 3 is 2.83 bits per heavy atom. The Hall–Kier alpha value is -0.710. The number of nitrogens with zero attached hydrogens (tertiary/aromatic N) is 1. The topological polar surface area (TPSA) is 29.3 Å². The van der Waals surface area contributed by atoms with E-state index in [9.17, 15) is 0 Å². The summed E-state index contributed by atoms with van der Waals surface area (Å²) in [7, 11) is 0. The maximum absolute atomic E-state index is 6.16. The van der Waals surface area contributed by atoms with Crippen molar-refractivity contribution in [1.29, 1.82) is 0 Å². The van der Waals surface area contributed by atoms with Crippen LogP contribution < -0.4 is 10.6 Å². The molecule has 0 radical (unpaired) electrons. The highest BCUT2D eigenvalue weighted by Crippen LogP contribution is 2.30. The average Bonchev–Trinajstić information content (AvgIpc) is 2.71. The van der Waals surface area contributed by atoms with Crippen LogP contribution in [0.25, 0.3) is 0 Å². The van der Waals surface area contributed by atoms with Gasteiger partial charge in [0.15, 0.2) is 0 Å². The molecule has 1 aromatic carbocycles. The fraction of sp³-hybridized carbons (Fsp3) is 0.467. The molecule has 1 heterocycles. The van der Waals surface area contributed by atoms with Crippen LogP contribution in [0.5, 0.6) is 0 Å². The maximum Gasteiger partial charge on any atom is 0.0994 e. The van der Waals surface area contributed by atoms with Crippen LogP contribution in [-0.2, 0) is 0 Å². The van der Waals surface area contributed by atoms with Gasteiger partial charge in [-0.05, 0) is 53.1 Å². The smallest absolute Gasteiger partial charge is 0.0994 e. The zero-order chi connectivity index (χ0) is 13.0. The van der Waals surface area contributed by atoms with Crippen LogP contribution in [0.3, 0.4) is 0 Å². The molecule has 3 heteroatoms. The molecule has 2 nitrogen and oxygen atoms in total. The largest absolute Gasteiger partial charge is 0.385 e. The molecule has 1 aromatic rings. The molecule has 18 heavy (non-hydrogen) atoms. The van der Waals surface area contributed by atoms with Crippen molar-refractivity contribution < 1.29 is 0 Å². The van der Waals surface area contributed by atoms with Gasteiger partial charge in [0.2, 0.25) is 0 Å². The Morgan fingerprint density at radius 2 is 2.11 bits per heavy atom. The number of unbranched alkanes of at least 4 members (excludes halogenated alkanes) is 2. The number of nitrogens with two attached hydrogens (primary N) is 1. The first-order valence-electron chi connectivity index (χ1n) is 6.71. The second-order valence-corrected chi connectivity index (χ2v) is 6.07. The van der Waals surface area contributed by atoms with E-state index in [1.165, 1.54) is 34.9 Å². The van der Waals surface area contributed by atoms with Crippen LogP contribution in [0.1, 0.15) is 32.6 Å². The lowest BCUT2D eigenvalue weighted by molar-refractivity contribution is 0.559. The van der Waals surface area contributed by atoms with E-state index in [1.807, 2.05) is 0 Å². The minimum atomic E-state index is 0.618. The van der Waals surface area contributed by atoms with Gasteiger partial charge in [-0.1, -0.05) is 38.3 Å². The van der Waals surface area contributed by atoms with Crippen LogP contribution in [0.15, 0.2) is 36.2 Å². The van der Waals surface area contributed by atoms with Gasteiger partial charge in [-0.25, -0.2) is 0 Å². The Kier molecular flexibility index (Phi) is 4.92. The van der Waals surface area contributed by atoms with Crippen molar-refractivity contribution in [3.05, 3.63) is 39.7 Å². The van der Waals surface area contributed by atoms with Gasteiger partial charge in [-0.2, -0.15) is 0 Å². The molecule has 0 aliphatic carbocycles. The number of hydrogen-bond acceptors (Lipinski definition) is 2. The van der Waals surface area contributed by atoms with E-state index in [1.54, 1.807) is 0 Å². The van der Waals surface area contributed by atoms with Gasteiger partial charge < -0.3 is 10.6 Å². The second kappa shape index (κ2) is 6.45. The van der Waals surface area contributed by atoms with Gasteiger partial charge in [0.1, 0.15) is 0 Å². The zero-order valence-electron chi connectivity index (χ0n) is 10.9. The summed E-state index contributed by atoms with van der Waals surface area (Å²) >= 11 is 2.38. The number of rotatable bonds is 5. The first kappa shape index (κ1) is 13.7. The van der Waals surface area contributed by atoms with E-state index in [2.05, 4.69) is 64.8 Å². The Labute approximate surface area is 123 Å². The van der Waals surface area contributed by atoms with Crippen LogP contribution in [-0.4, -0.2) is 6.54 Å². The van der Waals surface area contributed by atoms with E-state index < -0.39 is 0 Å². The highest BCUT2D eigenvalue weighted by Gasteiger charge is 2.23. The van der Waals surface area contributed by atoms with Gasteiger partial charge in [-0.3, -0.25) is 0 Å². The third kappa shape index (κ3) is 3.19. The number of hydrogen-bond donors (Lipinski definition) is 1. The molecule has 2 rings (SSSR count). The molecule has 1 aliphatic heterocycles. The summed E-state index contributed by atoms with van der Waals surface area (Å²) < 4.78 is 1.26. The van der Waals surface area contributed by atoms with E-state index >= 15 is 0 Å². The van der Waals surface area contributed by atoms with Crippen LogP contribution >= 0.6 is 22.6 Å². The van der Waals surface area contributed by atoms with Crippen LogP contribution in [0, 0.1) is 9.49 Å². The molecule has 0 fully saturated rings. The first-order valence-corrected chi connectivity index (χ1v) is 7.79. The van der Waals surface area contributed by atoms with Crippen molar-refractivity contribution in [2.45, 2.75) is 32.6 Å². The summed E-state index contributed by atoms with van der Waals surface area (Å²) in [5.74, 6) is 1.54. The molecule has 0 spiro atoms. The molecule has 98 valence electrons. The quantitative estimate of drug-likeness (QED) is 0.636. The molecule has 1 unspecified atom stereocenters. The molecular weight excluding hydrogens is 335 g/mol. The number of benzene rings is 1. The van der Waals surface area contributed by atoms with Crippen molar-refractivity contribution in [2.24, 2.45) is 11.7 Å². The molecule has 0 bridgehead atoms. The lowest BCUT2D eigenvalue weighted by Gasteiger charge is -2.22. The van der Waals surface area contributed by atoms with E-state index in [4.69, 9.17) is 5.73 Å². The highest BCUT2D eigenvalue weighted by atomic mass is 127. The van der Waals surface area contributed by atoms with E-state index in [0.29, 0.717) is 5.92 Å². The molecular formula is C15H21IN2. The summed E-state index contributed by atoms with van der Waals surface area (Å²) in [6.45, 7) is 3.28. The summed E-state index contributed by atoms with van der Waals surface area (Å²) in [6.07, 6.45) is 7.41. The first-order chi connectivity index (χ1) is 8.72. The van der Waals surface area contributed by atoms with Crippen molar-refractivity contribution in [2.75, 3.05) is 11.4 Å². The summed E-state index contributed by atoms with van der Waals surface area (Å²) in [6, 6.07) is 8.43. The molecule has 0 saturated heterocycles. The molecule has 0 amide bonds. The highest BCUT2D eigenvalue weighted by molar-refractivity contribution is 14.1. The number of anilines is 1. The van der Waals surface area contributed by atoms with Gasteiger partial charge >= 0.3 is 0 Å².